The molecule has 24 heavy (non-hydrogen) atoms. The zero-order chi connectivity index (χ0) is 17.4. The third kappa shape index (κ3) is 5.09. The van der Waals surface area contributed by atoms with Crippen LogP contribution in [0, 0.1) is 0 Å². The van der Waals surface area contributed by atoms with E-state index in [4.69, 9.17) is 4.74 Å². The van der Waals surface area contributed by atoms with Crippen molar-refractivity contribution in [2.45, 2.75) is 6.42 Å². The Morgan fingerprint density at radius 3 is 2.75 bits per heavy atom. The molecule has 10 nitrogen and oxygen atoms in total. The number of hydrazone groups is 1. The standard InChI is InChI=1S/C14H16N6O4/c1-24-10-4-2-9(3-5-10)8-16-18-11(21)6-7-15-12-13(22)17-14(23)20-19-12/h2-5,8H,6-7H2,1H3,(H,15,19)(H,18,21)(H2,17,20,22,23)/b16-8-. The Morgan fingerprint density at radius 1 is 1.33 bits per heavy atom. The molecule has 10 heteroatoms. The van der Waals surface area contributed by atoms with E-state index in [-0.39, 0.29) is 24.7 Å². The van der Waals surface area contributed by atoms with Crippen molar-refractivity contribution in [2.24, 2.45) is 5.10 Å². The maximum atomic E-state index is 11.6. The Kier molecular flexibility index (Phi) is 5.83. The van der Waals surface area contributed by atoms with Crippen LogP contribution in [0.2, 0.25) is 0 Å². The van der Waals surface area contributed by atoms with Gasteiger partial charge in [-0.05, 0) is 29.8 Å². The molecule has 0 radical (unpaired) electrons. The number of carbonyl (C=O) groups is 1. The minimum absolute atomic E-state index is 0.0656. The number of hydrogen-bond donors (Lipinski definition) is 4. The van der Waals surface area contributed by atoms with Gasteiger partial charge in [-0.2, -0.15) is 5.10 Å². The van der Waals surface area contributed by atoms with Gasteiger partial charge in [0.05, 0.1) is 13.3 Å². The van der Waals surface area contributed by atoms with Crippen LogP contribution in [0.25, 0.3) is 0 Å². The molecule has 0 atom stereocenters. The van der Waals surface area contributed by atoms with Gasteiger partial charge in [0.2, 0.25) is 11.7 Å². The number of hydrogen-bond acceptors (Lipinski definition) is 7. The van der Waals surface area contributed by atoms with Crippen LogP contribution in [0.3, 0.4) is 0 Å². The number of amides is 1. The first-order valence-corrected chi connectivity index (χ1v) is 6.97. The number of rotatable bonds is 7. The molecule has 0 spiro atoms. The molecule has 0 saturated carbocycles. The molecular formula is C14H16N6O4. The molecule has 1 aromatic heterocycles. The zero-order valence-corrected chi connectivity index (χ0v) is 12.8. The minimum Gasteiger partial charge on any atom is -0.497 e. The number of nitrogens with one attached hydrogen (secondary N) is 4. The fourth-order valence-corrected chi connectivity index (χ4v) is 1.69. The lowest BCUT2D eigenvalue weighted by molar-refractivity contribution is -0.120. The smallest absolute Gasteiger partial charge is 0.342 e. The van der Waals surface area contributed by atoms with E-state index >= 15 is 0 Å². The summed E-state index contributed by atoms with van der Waals surface area (Å²) in [5.41, 5.74) is 1.81. The van der Waals surface area contributed by atoms with Crippen molar-refractivity contribution in [1.29, 1.82) is 0 Å². The molecule has 1 amide bonds. The number of ether oxygens (including phenoxy) is 1. The van der Waals surface area contributed by atoms with Gasteiger partial charge < -0.3 is 10.1 Å². The van der Waals surface area contributed by atoms with Crippen molar-refractivity contribution >= 4 is 17.9 Å². The third-order valence-corrected chi connectivity index (χ3v) is 2.87. The second-order valence-corrected chi connectivity index (χ2v) is 4.60. The lowest BCUT2D eigenvalue weighted by atomic mass is 10.2. The molecule has 4 N–H and O–H groups in total. The van der Waals surface area contributed by atoms with E-state index in [2.05, 4.69) is 26.0 Å². The number of carbonyl (C=O) groups excluding carboxylic acids is 1. The fraction of sp³-hybridized carbons (Fsp3) is 0.214. The molecule has 0 bridgehead atoms. The van der Waals surface area contributed by atoms with E-state index in [1.165, 1.54) is 6.21 Å². The van der Waals surface area contributed by atoms with Crippen molar-refractivity contribution in [2.75, 3.05) is 19.0 Å². The summed E-state index contributed by atoms with van der Waals surface area (Å²) >= 11 is 0. The number of methoxy groups -OCH3 is 1. The van der Waals surface area contributed by atoms with Crippen LogP contribution in [-0.4, -0.2) is 41.0 Å². The molecule has 0 aliphatic rings. The van der Waals surface area contributed by atoms with Gasteiger partial charge in [-0.3, -0.25) is 14.6 Å². The number of anilines is 1. The number of aromatic nitrogens is 3. The van der Waals surface area contributed by atoms with Gasteiger partial charge in [0.15, 0.2) is 0 Å². The van der Waals surface area contributed by atoms with Gasteiger partial charge in [0, 0.05) is 13.0 Å². The molecule has 0 aliphatic heterocycles. The summed E-state index contributed by atoms with van der Waals surface area (Å²) < 4.78 is 5.04. The van der Waals surface area contributed by atoms with Crippen LogP contribution in [0.15, 0.2) is 39.0 Å². The summed E-state index contributed by atoms with van der Waals surface area (Å²) in [5.74, 6) is 0.324. The average molecular weight is 332 g/mol. The summed E-state index contributed by atoms with van der Waals surface area (Å²) in [6.45, 7) is 0.159. The molecule has 1 aromatic carbocycles. The van der Waals surface area contributed by atoms with Crippen LogP contribution in [0.4, 0.5) is 5.82 Å². The molecular weight excluding hydrogens is 316 g/mol. The van der Waals surface area contributed by atoms with E-state index in [1.54, 1.807) is 31.4 Å². The Bertz CT molecular complexity index is 824. The van der Waals surface area contributed by atoms with Gasteiger partial charge in [-0.25, -0.2) is 15.3 Å². The lowest BCUT2D eigenvalue weighted by Gasteiger charge is -2.03. The van der Waals surface area contributed by atoms with Crippen molar-refractivity contribution in [1.82, 2.24) is 20.6 Å². The summed E-state index contributed by atoms with van der Waals surface area (Å²) in [6.07, 6.45) is 1.57. The highest BCUT2D eigenvalue weighted by molar-refractivity contribution is 5.82. The van der Waals surface area contributed by atoms with Crippen LogP contribution >= 0.6 is 0 Å². The number of H-pyrrole nitrogens is 2. The zero-order valence-electron chi connectivity index (χ0n) is 12.8. The predicted octanol–water partition coefficient (Wildman–Crippen LogP) is -0.581. The van der Waals surface area contributed by atoms with Crippen LogP contribution < -0.4 is 26.7 Å². The lowest BCUT2D eigenvalue weighted by Crippen LogP contribution is -2.28. The molecule has 0 fully saturated rings. The van der Waals surface area contributed by atoms with Crippen LogP contribution in [-0.2, 0) is 4.79 Å². The first-order chi connectivity index (χ1) is 11.6. The minimum atomic E-state index is -0.698. The van der Waals surface area contributed by atoms with Gasteiger partial charge in [0.25, 0.3) is 5.56 Å². The molecule has 126 valence electrons. The van der Waals surface area contributed by atoms with E-state index in [0.717, 1.165) is 11.3 Å². The predicted molar refractivity (Wildman–Crippen MR) is 87.3 cm³/mol. The molecule has 2 rings (SSSR count). The monoisotopic (exact) mass is 332 g/mol. The molecule has 1 heterocycles. The Hall–Kier alpha value is -3.43. The highest BCUT2D eigenvalue weighted by Gasteiger charge is 2.03. The van der Waals surface area contributed by atoms with Crippen molar-refractivity contribution in [3.63, 3.8) is 0 Å². The largest absolute Gasteiger partial charge is 0.497 e. The highest BCUT2D eigenvalue weighted by atomic mass is 16.5. The van der Waals surface area contributed by atoms with Crippen LogP contribution in [0.5, 0.6) is 5.75 Å². The first kappa shape index (κ1) is 16.9. The van der Waals surface area contributed by atoms with Crippen molar-refractivity contribution in [3.05, 3.63) is 50.7 Å². The molecule has 2 aromatic rings. The average Bonchev–Trinajstić information content (AvgIpc) is 2.57. The second-order valence-electron chi connectivity index (χ2n) is 4.60. The Balaban J connectivity index is 1.75. The maximum Gasteiger partial charge on any atom is 0.342 e. The fourth-order valence-electron chi connectivity index (χ4n) is 1.69. The topological polar surface area (TPSA) is 141 Å². The van der Waals surface area contributed by atoms with Gasteiger partial charge >= 0.3 is 5.69 Å². The Morgan fingerprint density at radius 2 is 2.08 bits per heavy atom. The van der Waals surface area contributed by atoms with Gasteiger partial charge in [0.1, 0.15) is 5.75 Å². The Labute approximate surface area is 136 Å². The second kappa shape index (κ2) is 8.27. The van der Waals surface area contributed by atoms with Gasteiger partial charge in [-0.1, -0.05) is 0 Å². The summed E-state index contributed by atoms with van der Waals surface area (Å²) in [5, 5.41) is 12.1. The maximum absolute atomic E-state index is 11.6. The highest BCUT2D eigenvalue weighted by Crippen LogP contribution is 2.09. The van der Waals surface area contributed by atoms with Crippen molar-refractivity contribution in [3.8, 4) is 5.75 Å². The number of benzene rings is 1. The molecule has 0 unspecified atom stereocenters. The summed E-state index contributed by atoms with van der Waals surface area (Å²) in [7, 11) is 1.58. The van der Waals surface area contributed by atoms with E-state index < -0.39 is 11.2 Å². The SMILES string of the molecule is COc1ccc(/C=N\NC(=O)CCNc2n[nH]c(=O)[nH]c2=O)cc1. The summed E-state index contributed by atoms with van der Waals surface area (Å²) in [4.78, 5) is 35.8. The first-order valence-electron chi connectivity index (χ1n) is 6.97. The number of nitrogens with zero attached hydrogens (tertiary/aromatic N) is 2. The normalized spacial score (nSPS) is 10.5. The van der Waals surface area contributed by atoms with E-state index in [0.29, 0.717) is 0 Å². The molecule has 0 aliphatic carbocycles. The third-order valence-electron chi connectivity index (χ3n) is 2.87. The van der Waals surface area contributed by atoms with Crippen LogP contribution in [0.1, 0.15) is 12.0 Å². The quantitative estimate of drug-likeness (QED) is 0.395. The molecule has 0 saturated heterocycles. The van der Waals surface area contributed by atoms with E-state index in [1.807, 2.05) is 4.98 Å². The van der Waals surface area contributed by atoms with Crippen molar-refractivity contribution < 1.29 is 9.53 Å². The van der Waals surface area contributed by atoms with E-state index in [9.17, 15) is 14.4 Å². The summed E-state index contributed by atoms with van der Waals surface area (Å²) in [6, 6.07) is 7.15. The number of aromatic amines is 2. The van der Waals surface area contributed by atoms with Gasteiger partial charge in [-0.15, -0.1) is 5.10 Å².